The lowest BCUT2D eigenvalue weighted by Gasteiger charge is -2.12. The molecule has 0 saturated carbocycles. The summed E-state index contributed by atoms with van der Waals surface area (Å²) in [4.78, 5) is 1.41. The molecule has 0 amide bonds. The maximum atomic E-state index is 5.98. The fraction of sp³-hybridized carbons (Fsp3) is 0.667. The molecule has 1 rings (SSSR count). The van der Waals surface area contributed by atoms with Crippen molar-refractivity contribution in [2.75, 3.05) is 20.3 Å². The fourth-order valence-electron chi connectivity index (χ4n) is 1.55. The predicted molar refractivity (Wildman–Crippen MR) is 69.8 cm³/mol. The average Bonchev–Trinajstić information content (AvgIpc) is 2.65. The van der Waals surface area contributed by atoms with Crippen molar-refractivity contribution in [1.82, 2.24) is 5.32 Å². The molecule has 0 fully saturated rings. The molecule has 0 spiro atoms. The number of ether oxygens (including phenoxy) is 1. The van der Waals surface area contributed by atoms with E-state index in [4.69, 9.17) is 10.5 Å². The van der Waals surface area contributed by atoms with Crippen LogP contribution in [0, 0.1) is 6.92 Å². The van der Waals surface area contributed by atoms with Gasteiger partial charge in [0, 0.05) is 37.7 Å². The maximum Gasteiger partial charge on any atom is 0.0462 e. The second-order valence-corrected chi connectivity index (χ2v) is 5.05. The Morgan fingerprint density at radius 3 is 3.00 bits per heavy atom. The van der Waals surface area contributed by atoms with Gasteiger partial charge in [-0.15, -0.1) is 11.3 Å². The van der Waals surface area contributed by atoms with E-state index < -0.39 is 0 Å². The molecule has 1 aromatic heterocycles. The zero-order chi connectivity index (χ0) is 11.8. The van der Waals surface area contributed by atoms with Gasteiger partial charge in [0.05, 0.1) is 0 Å². The fourth-order valence-corrected chi connectivity index (χ4v) is 2.42. The lowest BCUT2D eigenvalue weighted by molar-refractivity contribution is 0.190. The number of methoxy groups -OCH3 is 1. The first-order valence-electron chi connectivity index (χ1n) is 5.72. The van der Waals surface area contributed by atoms with Crippen molar-refractivity contribution < 1.29 is 4.74 Å². The second-order valence-electron chi connectivity index (χ2n) is 4.05. The summed E-state index contributed by atoms with van der Waals surface area (Å²) in [5, 5.41) is 5.53. The van der Waals surface area contributed by atoms with Crippen LogP contribution in [0.3, 0.4) is 0 Å². The summed E-state index contributed by atoms with van der Waals surface area (Å²) >= 11 is 1.80. The molecule has 0 saturated heterocycles. The van der Waals surface area contributed by atoms with E-state index in [0.29, 0.717) is 0 Å². The second kappa shape index (κ2) is 7.79. The Labute approximate surface area is 102 Å². The van der Waals surface area contributed by atoms with Crippen LogP contribution in [0.5, 0.6) is 0 Å². The molecule has 0 aliphatic rings. The molecular formula is C12H22N2OS. The van der Waals surface area contributed by atoms with E-state index >= 15 is 0 Å². The van der Waals surface area contributed by atoms with Gasteiger partial charge in [-0.3, -0.25) is 0 Å². The molecule has 0 bridgehead atoms. The third kappa shape index (κ3) is 5.07. The quantitative estimate of drug-likeness (QED) is 0.685. The van der Waals surface area contributed by atoms with Gasteiger partial charge in [0.2, 0.25) is 0 Å². The van der Waals surface area contributed by atoms with Gasteiger partial charge in [0.1, 0.15) is 0 Å². The molecule has 0 radical (unpaired) electrons. The van der Waals surface area contributed by atoms with E-state index in [1.807, 2.05) is 0 Å². The molecule has 3 nitrogen and oxygen atoms in total. The zero-order valence-corrected chi connectivity index (χ0v) is 11.0. The highest BCUT2D eigenvalue weighted by atomic mass is 32.1. The van der Waals surface area contributed by atoms with Crippen LogP contribution in [0.15, 0.2) is 11.4 Å². The Balaban J connectivity index is 2.08. The first kappa shape index (κ1) is 13.6. The highest BCUT2D eigenvalue weighted by Crippen LogP contribution is 2.14. The summed E-state index contributed by atoms with van der Waals surface area (Å²) in [7, 11) is 1.73. The van der Waals surface area contributed by atoms with Crippen molar-refractivity contribution in [3.63, 3.8) is 0 Å². The van der Waals surface area contributed by atoms with E-state index in [1.165, 1.54) is 10.4 Å². The number of rotatable bonds is 8. The minimum Gasteiger partial charge on any atom is -0.385 e. The molecule has 1 aromatic rings. The minimum atomic E-state index is 0.232. The Kier molecular flexibility index (Phi) is 6.64. The van der Waals surface area contributed by atoms with Gasteiger partial charge >= 0.3 is 0 Å². The van der Waals surface area contributed by atoms with E-state index in [9.17, 15) is 0 Å². The summed E-state index contributed by atoms with van der Waals surface area (Å²) in [5.74, 6) is 0. The van der Waals surface area contributed by atoms with Crippen LogP contribution in [0.1, 0.15) is 23.3 Å². The molecule has 1 unspecified atom stereocenters. The van der Waals surface area contributed by atoms with Gasteiger partial charge in [-0.1, -0.05) is 0 Å². The molecular weight excluding hydrogens is 220 g/mol. The molecule has 0 aliphatic heterocycles. The third-order valence-corrected chi connectivity index (χ3v) is 3.61. The van der Waals surface area contributed by atoms with Crippen molar-refractivity contribution in [3.8, 4) is 0 Å². The minimum absolute atomic E-state index is 0.232. The third-order valence-electron chi connectivity index (χ3n) is 2.58. The lowest BCUT2D eigenvalue weighted by Crippen LogP contribution is -2.33. The Morgan fingerprint density at radius 1 is 1.56 bits per heavy atom. The summed E-state index contributed by atoms with van der Waals surface area (Å²) in [5.41, 5.74) is 7.34. The monoisotopic (exact) mass is 242 g/mol. The topological polar surface area (TPSA) is 47.3 Å². The van der Waals surface area contributed by atoms with Crippen molar-refractivity contribution in [2.45, 2.75) is 32.4 Å². The molecule has 0 aromatic carbocycles. The lowest BCUT2D eigenvalue weighted by atomic mass is 10.2. The van der Waals surface area contributed by atoms with Gasteiger partial charge in [0.25, 0.3) is 0 Å². The number of hydrogen-bond donors (Lipinski definition) is 2. The molecule has 16 heavy (non-hydrogen) atoms. The molecule has 1 heterocycles. The van der Waals surface area contributed by atoms with Gasteiger partial charge in [-0.2, -0.15) is 0 Å². The predicted octanol–water partition coefficient (Wildman–Crippen LogP) is 1.90. The van der Waals surface area contributed by atoms with E-state index in [2.05, 4.69) is 23.7 Å². The summed E-state index contributed by atoms with van der Waals surface area (Å²) in [6.07, 6.45) is 2.06. The van der Waals surface area contributed by atoms with Gasteiger partial charge in [-0.25, -0.2) is 0 Å². The largest absolute Gasteiger partial charge is 0.385 e. The average molecular weight is 242 g/mol. The zero-order valence-electron chi connectivity index (χ0n) is 10.2. The number of nitrogens with one attached hydrogen (secondary N) is 1. The molecule has 0 aliphatic carbocycles. The van der Waals surface area contributed by atoms with Gasteiger partial charge < -0.3 is 15.8 Å². The van der Waals surface area contributed by atoms with Crippen LogP contribution in [0.25, 0.3) is 0 Å². The van der Waals surface area contributed by atoms with E-state index in [0.717, 1.165) is 32.5 Å². The summed E-state index contributed by atoms with van der Waals surface area (Å²) < 4.78 is 5.00. The van der Waals surface area contributed by atoms with Crippen molar-refractivity contribution in [3.05, 3.63) is 21.9 Å². The van der Waals surface area contributed by atoms with E-state index in [-0.39, 0.29) is 6.04 Å². The van der Waals surface area contributed by atoms with E-state index in [1.54, 1.807) is 18.4 Å². The number of thiophene rings is 1. The highest BCUT2D eigenvalue weighted by molar-refractivity contribution is 7.10. The van der Waals surface area contributed by atoms with Crippen molar-refractivity contribution >= 4 is 11.3 Å². The molecule has 3 N–H and O–H groups in total. The van der Waals surface area contributed by atoms with Crippen LogP contribution in [0.4, 0.5) is 0 Å². The summed E-state index contributed by atoms with van der Waals surface area (Å²) in [6.45, 7) is 4.76. The number of nitrogens with two attached hydrogens (primary N) is 1. The number of hydrogen-bond acceptors (Lipinski definition) is 4. The van der Waals surface area contributed by atoms with Gasteiger partial charge in [-0.05, 0) is 36.8 Å². The SMILES string of the molecule is COCCCC(N)CNCc1sccc1C. The van der Waals surface area contributed by atoms with Crippen molar-refractivity contribution in [2.24, 2.45) is 5.73 Å². The van der Waals surface area contributed by atoms with Crippen LogP contribution in [-0.4, -0.2) is 26.3 Å². The first-order valence-corrected chi connectivity index (χ1v) is 6.60. The molecule has 4 heteroatoms. The standard InChI is InChI=1S/C12H22N2OS/c1-10-5-7-16-12(10)9-14-8-11(13)4-3-6-15-2/h5,7,11,14H,3-4,6,8-9,13H2,1-2H3. The van der Waals surface area contributed by atoms with Crippen LogP contribution in [-0.2, 0) is 11.3 Å². The Morgan fingerprint density at radius 2 is 2.38 bits per heavy atom. The Hall–Kier alpha value is -0.420. The van der Waals surface area contributed by atoms with Crippen molar-refractivity contribution in [1.29, 1.82) is 0 Å². The maximum absolute atomic E-state index is 5.98. The van der Waals surface area contributed by atoms with Crippen LogP contribution < -0.4 is 11.1 Å². The highest BCUT2D eigenvalue weighted by Gasteiger charge is 2.03. The first-order chi connectivity index (χ1) is 7.74. The Bertz CT molecular complexity index is 288. The van der Waals surface area contributed by atoms with Gasteiger partial charge in [0.15, 0.2) is 0 Å². The molecule has 92 valence electrons. The normalized spacial score (nSPS) is 12.9. The molecule has 1 atom stereocenters. The number of aryl methyl sites for hydroxylation is 1. The van der Waals surface area contributed by atoms with Crippen LogP contribution >= 0.6 is 11.3 Å². The smallest absolute Gasteiger partial charge is 0.0462 e. The summed E-state index contributed by atoms with van der Waals surface area (Å²) in [6, 6.07) is 2.38. The van der Waals surface area contributed by atoms with Crippen LogP contribution in [0.2, 0.25) is 0 Å².